The van der Waals surface area contributed by atoms with Crippen molar-refractivity contribution in [2.75, 3.05) is 16.0 Å². The first kappa shape index (κ1) is 16.5. The van der Waals surface area contributed by atoms with Crippen LogP contribution < -0.4 is 16.0 Å². The maximum atomic E-state index is 11.5. The van der Waals surface area contributed by atoms with Crippen molar-refractivity contribution >= 4 is 50.8 Å². The van der Waals surface area contributed by atoms with Crippen molar-refractivity contribution in [3.05, 3.63) is 58.8 Å². The zero-order valence-electron chi connectivity index (χ0n) is 13.7. The van der Waals surface area contributed by atoms with E-state index in [1.807, 2.05) is 36.4 Å². The Morgan fingerprint density at radius 3 is 2.85 bits per heavy atom. The maximum absolute atomic E-state index is 11.5. The Morgan fingerprint density at radius 2 is 2.00 bits per heavy atom. The van der Waals surface area contributed by atoms with Gasteiger partial charge in [-0.3, -0.25) is 4.79 Å². The van der Waals surface area contributed by atoms with Gasteiger partial charge in [-0.15, -0.1) is 0 Å². The van der Waals surface area contributed by atoms with Gasteiger partial charge in [-0.2, -0.15) is 4.98 Å². The fourth-order valence-corrected chi connectivity index (χ4v) is 2.95. The summed E-state index contributed by atoms with van der Waals surface area (Å²) in [6, 6.07) is 11.4. The molecule has 0 saturated carbocycles. The summed E-state index contributed by atoms with van der Waals surface area (Å²) in [6.07, 6.45) is 4.62. The first-order chi connectivity index (χ1) is 12.7. The Kier molecular flexibility index (Phi) is 4.49. The van der Waals surface area contributed by atoms with Crippen LogP contribution in [0, 0.1) is 0 Å². The van der Waals surface area contributed by atoms with Crippen molar-refractivity contribution in [2.45, 2.75) is 12.8 Å². The third-order valence-electron chi connectivity index (χ3n) is 3.91. The Morgan fingerprint density at radius 1 is 1.08 bits per heavy atom. The summed E-state index contributed by atoms with van der Waals surface area (Å²) < 4.78 is 0.738. The third kappa shape index (κ3) is 3.65. The monoisotopic (exact) mass is 410 g/mol. The second kappa shape index (κ2) is 7.09. The number of nitrogens with one attached hydrogen (secondary N) is 3. The van der Waals surface area contributed by atoms with E-state index in [0.29, 0.717) is 24.0 Å². The summed E-state index contributed by atoms with van der Waals surface area (Å²) in [6.45, 7) is 0. The SMILES string of the molecule is O=C1CCc2cc(Nc3ncc(Br)c(Nc4ccccn4)n3)ccc2N1. The average Bonchev–Trinajstić information content (AvgIpc) is 2.65. The van der Waals surface area contributed by atoms with Gasteiger partial charge in [0.05, 0.1) is 4.47 Å². The fraction of sp³-hybridized carbons (Fsp3) is 0.111. The van der Waals surface area contributed by atoms with Crippen molar-refractivity contribution in [3.8, 4) is 0 Å². The lowest BCUT2D eigenvalue weighted by molar-refractivity contribution is -0.116. The number of amides is 1. The molecule has 3 heterocycles. The Balaban J connectivity index is 1.55. The van der Waals surface area contributed by atoms with Crippen LogP contribution in [0.1, 0.15) is 12.0 Å². The predicted molar refractivity (Wildman–Crippen MR) is 104 cm³/mol. The summed E-state index contributed by atoms with van der Waals surface area (Å²) in [5.41, 5.74) is 2.82. The van der Waals surface area contributed by atoms with Crippen LogP contribution in [0.4, 0.5) is 29.0 Å². The number of nitrogens with zero attached hydrogens (tertiary/aromatic N) is 3. The minimum Gasteiger partial charge on any atom is -0.326 e. The highest BCUT2D eigenvalue weighted by atomic mass is 79.9. The van der Waals surface area contributed by atoms with Gasteiger partial charge in [0.15, 0.2) is 5.82 Å². The molecule has 0 unspecified atom stereocenters. The van der Waals surface area contributed by atoms with E-state index in [1.165, 1.54) is 0 Å². The summed E-state index contributed by atoms with van der Waals surface area (Å²) in [4.78, 5) is 24.5. The molecule has 0 fully saturated rings. The molecule has 0 saturated heterocycles. The smallest absolute Gasteiger partial charge is 0.229 e. The van der Waals surface area contributed by atoms with Crippen LogP contribution in [-0.2, 0) is 11.2 Å². The van der Waals surface area contributed by atoms with E-state index < -0.39 is 0 Å². The minimum absolute atomic E-state index is 0.0553. The summed E-state index contributed by atoms with van der Waals surface area (Å²) in [5.74, 6) is 1.83. The lowest BCUT2D eigenvalue weighted by Gasteiger charge is -2.18. The zero-order chi connectivity index (χ0) is 17.9. The van der Waals surface area contributed by atoms with Gasteiger partial charge >= 0.3 is 0 Å². The molecule has 3 aromatic rings. The fourth-order valence-electron chi connectivity index (χ4n) is 2.66. The molecule has 0 atom stereocenters. The number of rotatable bonds is 4. The maximum Gasteiger partial charge on any atom is 0.229 e. The largest absolute Gasteiger partial charge is 0.326 e. The molecular formula is C18H15BrN6O. The second-order valence-corrected chi connectivity index (χ2v) is 6.63. The van der Waals surface area contributed by atoms with Crippen molar-refractivity contribution in [3.63, 3.8) is 0 Å². The highest BCUT2D eigenvalue weighted by molar-refractivity contribution is 9.10. The van der Waals surface area contributed by atoms with E-state index in [-0.39, 0.29) is 5.91 Å². The number of halogens is 1. The highest BCUT2D eigenvalue weighted by Gasteiger charge is 2.15. The number of fused-ring (bicyclic) bond motifs is 1. The summed E-state index contributed by atoms with van der Waals surface area (Å²) in [7, 11) is 0. The van der Waals surface area contributed by atoms with Crippen LogP contribution in [0.5, 0.6) is 0 Å². The number of benzene rings is 1. The normalized spacial score (nSPS) is 12.9. The highest BCUT2D eigenvalue weighted by Crippen LogP contribution is 2.28. The van der Waals surface area contributed by atoms with Gasteiger partial charge in [0.2, 0.25) is 11.9 Å². The summed E-state index contributed by atoms with van der Waals surface area (Å²) >= 11 is 3.45. The van der Waals surface area contributed by atoms with Crippen molar-refractivity contribution in [1.29, 1.82) is 0 Å². The first-order valence-corrected chi connectivity index (χ1v) is 8.87. The molecule has 130 valence electrons. The molecule has 2 aromatic heterocycles. The number of carbonyl (C=O) groups excluding carboxylic acids is 1. The van der Waals surface area contributed by atoms with Crippen LogP contribution in [0.2, 0.25) is 0 Å². The third-order valence-corrected chi connectivity index (χ3v) is 4.49. The van der Waals surface area contributed by atoms with E-state index >= 15 is 0 Å². The lowest BCUT2D eigenvalue weighted by Crippen LogP contribution is -2.18. The van der Waals surface area contributed by atoms with Gasteiger partial charge in [0, 0.05) is 30.2 Å². The van der Waals surface area contributed by atoms with E-state index in [4.69, 9.17) is 0 Å². The van der Waals surface area contributed by atoms with E-state index in [2.05, 4.69) is 46.8 Å². The van der Waals surface area contributed by atoms with Crippen LogP contribution in [0.3, 0.4) is 0 Å². The molecule has 3 N–H and O–H groups in total. The van der Waals surface area contributed by atoms with Gasteiger partial charge in [-0.25, -0.2) is 9.97 Å². The first-order valence-electron chi connectivity index (χ1n) is 8.08. The van der Waals surface area contributed by atoms with Gasteiger partial charge in [0.25, 0.3) is 0 Å². The number of carbonyl (C=O) groups is 1. The van der Waals surface area contributed by atoms with E-state index in [1.54, 1.807) is 12.4 Å². The molecule has 0 bridgehead atoms. The molecule has 1 amide bonds. The van der Waals surface area contributed by atoms with E-state index in [0.717, 1.165) is 27.8 Å². The lowest BCUT2D eigenvalue weighted by atomic mass is 10.0. The number of anilines is 5. The molecule has 0 spiro atoms. The molecule has 7 nitrogen and oxygen atoms in total. The molecule has 8 heteroatoms. The van der Waals surface area contributed by atoms with Gasteiger partial charge < -0.3 is 16.0 Å². The second-order valence-electron chi connectivity index (χ2n) is 5.78. The quantitative estimate of drug-likeness (QED) is 0.601. The molecule has 0 radical (unpaired) electrons. The van der Waals surface area contributed by atoms with Gasteiger partial charge in [-0.1, -0.05) is 6.07 Å². The molecule has 4 rings (SSSR count). The number of hydrogen-bond acceptors (Lipinski definition) is 6. The standard InChI is InChI=1S/C18H15BrN6O/c19-13-10-21-18(25-17(13)24-15-3-1-2-8-20-15)22-12-5-6-14-11(9-12)4-7-16(26)23-14/h1-3,5-6,8-10H,4,7H2,(H,23,26)(H2,20,21,22,24,25). The minimum atomic E-state index is 0.0553. The van der Waals surface area contributed by atoms with Crippen LogP contribution >= 0.6 is 15.9 Å². The average molecular weight is 411 g/mol. The van der Waals surface area contributed by atoms with Crippen molar-refractivity contribution in [2.24, 2.45) is 0 Å². The topological polar surface area (TPSA) is 91.8 Å². The Hall–Kier alpha value is -3.00. The Labute approximate surface area is 158 Å². The van der Waals surface area contributed by atoms with Crippen LogP contribution in [0.15, 0.2) is 53.3 Å². The number of hydrogen-bond donors (Lipinski definition) is 3. The van der Waals surface area contributed by atoms with Gasteiger partial charge in [0.1, 0.15) is 5.82 Å². The molecule has 26 heavy (non-hydrogen) atoms. The van der Waals surface area contributed by atoms with Crippen molar-refractivity contribution < 1.29 is 4.79 Å². The predicted octanol–water partition coefficient (Wildman–Crippen LogP) is 4.01. The molecular weight excluding hydrogens is 396 g/mol. The number of aromatic nitrogens is 3. The van der Waals surface area contributed by atoms with Crippen LogP contribution in [0.25, 0.3) is 0 Å². The number of pyridine rings is 1. The molecule has 0 aliphatic carbocycles. The zero-order valence-corrected chi connectivity index (χ0v) is 15.2. The molecule has 1 aromatic carbocycles. The molecule has 1 aliphatic heterocycles. The van der Waals surface area contributed by atoms with Gasteiger partial charge in [-0.05, 0) is 58.2 Å². The molecule has 1 aliphatic rings. The van der Waals surface area contributed by atoms with E-state index in [9.17, 15) is 4.79 Å². The number of aryl methyl sites for hydroxylation is 1. The van der Waals surface area contributed by atoms with Crippen molar-refractivity contribution in [1.82, 2.24) is 15.0 Å². The Bertz CT molecular complexity index is 963. The summed E-state index contributed by atoms with van der Waals surface area (Å²) in [5, 5.41) is 9.23. The van der Waals surface area contributed by atoms with Crippen LogP contribution in [-0.4, -0.2) is 20.9 Å².